The van der Waals surface area contributed by atoms with E-state index >= 15 is 0 Å². The summed E-state index contributed by atoms with van der Waals surface area (Å²) in [5, 5.41) is 7.32. The topological polar surface area (TPSA) is 50.2 Å². The van der Waals surface area contributed by atoms with Gasteiger partial charge in [0.25, 0.3) is 0 Å². The van der Waals surface area contributed by atoms with Crippen molar-refractivity contribution in [2.24, 2.45) is 5.10 Å². The van der Waals surface area contributed by atoms with Crippen LogP contribution in [-0.2, 0) is 0 Å². The monoisotopic (exact) mass is 382 g/mol. The Kier molecular flexibility index (Phi) is 4.60. The number of hydrazone groups is 1. The van der Waals surface area contributed by atoms with Gasteiger partial charge in [0.2, 0.25) is 0 Å². The molecular weight excluding hydrogens is 371 g/mol. The van der Waals surface area contributed by atoms with E-state index < -0.39 is 5.82 Å². The minimum Gasteiger partial charge on any atom is -0.261 e. The molecule has 0 amide bonds. The largest absolute Gasteiger partial charge is 0.261 e. The summed E-state index contributed by atoms with van der Waals surface area (Å²) in [5.41, 5.74) is 5.20. The number of fused-ring (bicyclic) bond motifs is 1. The molecular formula is C19H12ClFN4S. The van der Waals surface area contributed by atoms with E-state index in [-0.39, 0.29) is 5.56 Å². The maximum Gasteiger partial charge on any atom is 0.159 e. The van der Waals surface area contributed by atoms with Gasteiger partial charge in [-0.3, -0.25) is 5.43 Å². The number of aromatic nitrogens is 2. The molecule has 0 unspecified atom stereocenters. The number of rotatable bonds is 4. The van der Waals surface area contributed by atoms with E-state index in [1.807, 2.05) is 35.7 Å². The summed E-state index contributed by atoms with van der Waals surface area (Å²) in [6, 6.07) is 14.5. The molecule has 1 N–H and O–H groups in total. The van der Waals surface area contributed by atoms with Crippen molar-refractivity contribution < 1.29 is 4.39 Å². The Morgan fingerprint density at radius 3 is 2.73 bits per heavy atom. The molecule has 2 aromatic heterocycles. The molecule has 4 aromatic rings. The molecule has 0 atom stereocenters. The normalized spacial score (nSPS) is 11.3. The van der Waals surface area contributed by atoms with E-state index in [1.54, 1.807) is 12.1 Å². The highest BCUT2D eigenvalue weighted by molar-refractivity contribution is 7.17. The Hall–Kier alpha value is -2.83. The van der Waals surface area contributed by atoms with Gasteiger partial charge in [0.05, 0.1) is 16.6 Å². The van der Waals surface area contributed by atoms with Crippen LogP contribution in [0.15, 0.2) is 65.3 Å². The zero-order chi connectivity index (χ0) is 17.9. The van der Waals surface area contributed by atoms with Crippen molar-refractivity contribution in [3.63, 3.8) is 0 Å². The van der Waals surface area contributed by atoms with Gasteiger partial charge in [-0.2, -0.15) is 5.10 Å². The summed E-state index contributed by atoms with van der Waals surface area (Å²) in [6.45, 7) is 0. The van der Waals surface area contributed by atoms with Crippen LogP contribution in [0, 0.1) is 5.82 Å². The summed E-state index contributed by atoms with van der Waals surface area (Å²) in [4.78, 5) is 9.45. The summed E-state index contributed by atoms with van der Waals surface area (Å²) in [7, 11) is 0. The first-order chi connectivity index (χ1) is 12.7. The van der Waals surface area contributed by atoms with E-state index in [2.05, 4.69) is 20.5 Å². The summed E-state index contributed by atoms with van der Waals surface area (Å²) in [5.74, 6) is 0.121. The lowest BCUT2D eigenvalue weighted by Gasteiger charge is -2.05. The molecule has 0 saturated heterocycles. The van der Waals surface area contributed by atoms with Crippen molar-refractivity contribution >= 4 is 45.2 Å². The lowest BCUT2D eigenvalue weighted by molar-refractivity contribution is 0.626. The first-order valence-corrected chi connectivity index (χ1v) is 9.00. The van der Waals surface area contributed by atoms with Crippen molar-refractivity contribution in [2.45, 2.75) is 0 Å². The van der Waals surface area contributed by atoms with E-state index in [0.717, 1.165) is 21.3 Å². The SMILES string of the molecule is Fc1cccc(Cl)c1C=NNc1ncnc2scc(-c3ccccc3)c12. The van der Waals surface area contributed by atoms with Crippen LogP contribution >= 0.6 is 22.9 Å². The summed E-state index contributed by atoms with van der Waals surface area (Å²) >= 11 is 7.54. The Morgan fingerprint density at radius 2 is 1.92 bits per heavy atom. The number of benzene rings is 2. The van der Waals surface area contributed by atoms with Gasteiger partial charge < -0.3 is 0 Å². The fraction of sp³-hybridized carbons (Fsp3) is 0. The molecule has 4 nitrogen and oxygen atoms in total. The highest BCUT2D eigenvalue weighted by atomic mass is 35.5. The average molecular weight is 383 g/mol. The first kappa shape index (κ1) is 16.6. The van der Waals surface area contributed by atoms with Gasteiger partial charge in [-0.15, -0.1) is 11.3 Å². The van der Waals surface area contributed by atoms with Crippen molar-refractivity contribution in [2.75, 3.05) is 5.43 Å². The molecule has 0 aliphatic heterocycles. The number of thiophene rings is 1. The van der Waals surface area contributed by atoms with Crippen LogP contribution in [0.25, 0.3) is 21.3 Å². The maximum absolute atomic E-state index is 13.8. The zero-order valence-electron chi connectivity index (χ0n) is 13.4. The zero-order valence-corrected chi connectivity index (χ0v) is 14.9. The molecule has 0 aliphatic carbocycles. The molecule has 2 heterocycles. The first-order valence-electron chi connectivity index (χ1n) is 7.75. The van der Waals surface area contributed by atoms with Gasteiger partial charge in [-0.1, -0.05) is 48.0 Å². The van der Waals surface area contributed by atoms with Gasteiger partial charge in [0.15, 0.2) is 5.82 Å². The maximum atomic E-state index is 13.8. The van der Waals surface area contributed by atoms with Crippen molar-refractivity contribution in [1.29, 1.82) is 0 Å². The smallest absolute Gasteiger partial charge is 0.159 e. The van der Waals surface area contributed by atoms with Gasteiger partial charge in [-0.25, -0.2) is 14.4 Å². The Morgan fingerprint density at radius 1 is 1.08 bits per heavy atom. The third-order valence-corrected chi connectivity index (χ3v) is 5.03. The van der Waals surface area contributed by atoms with E-state index in [9.17, 15) is 4.39 Å². The second-order valence-corrected chi connectivity index (χ2v) is 6.69. The average Bonchev–Trinajstić information content (AvgIpc) is 3.10. The van der Waals surface area contributed by atoms with E-state index in [1.165, 1.54) is 29.9 Å². The molecule has 0 fully saturated rings. The minimum atomic E-state index is -0.434. The van der Waals surface area contributed by atoms with Crippen LogP contribution in [0.2, 0.25) is 5.02 Å². The van der Waals surface area contributed by atoms with Crippen LogP contribution in [-0.4, -0.2) is 16.2 Å². The van der Waals surface area contributed by atoms with Gasteiger partial charge in [-0.05, 0) is 17.7 Å². The van der Waals surface area contributed by atoms with Crippen LogP contribution in [0.5, 0.6) is 0 Å². The standard InChI is InChI=1S/C19H12ClFN4S/c20-15-7-4-8-16(21)13(15)9-24-25-18-17-14(12-5-2-1-3-6-12)10-26-19(17)23-11-22-18/h1-11H,(H,22,23,25). The fourth-order valence-corrected chi connectivity index (χ4v) is 3.71. The molecule has 4 rings (SSSR count). The van der Waals surface area contributed by atoms with Crippen LogP contribution in [0.1, 0.15) is 5.56 Å². The second kappa shape index (κ2) is 7.19. The third kappa shape index (κ3) is 3.16. The molecule has 26 heavy (non-hydrogen) atoms. The Bertz CT molecular complexity index is 1080. The Labute approximate surface area is 158 Å². The number of anilines is 1. The molecule has 0 spiro atoms. The van der Waals surface area contributed by atoms with E-state index in [0.29, 0.717) is 10.8 Å². The molecule has 0 radical (unpaired) electrons. The fourth-order valence-electron chi connectivity index (χ4n) is 2.58. The highest BCUT2D eigenvalue weighted by Gasteiger charge is 2.12. The molecule has 128 valence electrons. The second-order valence-electron chi connectivity index (χ2n) is 5.42. The van der Waals surface area contributed by atoms with Gasteiger partial charge in [0.1, 0.15) is 17.0 Å². The van der Waals surface area contributed by atoms with Crippen LogP contribution in [0.3, 0.4) is 0 Å². The third-order valence-electron chi connectivity index (χ3n) is 3.82. The molecule has 0 saturated carbocycles. The number of hydrogen-bond donors (Lipinski definition) is 1. The molecule has 7 heteroatoms. The number of nitrogens with one attached hydrogen (secondary N) is 1. The van der Waals surface area contributed by atoms with Crippen molar-refractivity contribution in [3.8, 4) is 11.1 Å². The number of nitrogens with zero attached hydrogens (tertiary/aromatic N) is 3. The minimum absolute atomic E-state index is 0.223. The molecule has 0 bridgehead atoms. The predicted octanol–water partition coefficient (Wildman–Crippen LogP) is 5.60. The number of hydrogen-bond acceptors (Lipinski definition) is 5. The van der Waals surface area contributed by atoms with E-state index in [4.69, 9.17) is 11.6 Å². The molecule has 0 aliphatic rings. The molecule has 2 aromatic carbocycles. The van der Waals surface area contributed by atoms with Crippen LogP contribution in [0.4, 0.5) is 10.2 Å². The van der Waals surface area contributed by atoms with Gasteiger partial charge in [0, 0.05) is 16.5 Å². The summed E-state index contributed by atoms with van der Waals surface area (Å²) in [6.07, 6.45) is 2.82. The van der Waals surface area contributed by atoms with Crippen molar-refractivity contribution in [1.82, 2.24) is 9.97 Å². The van der Waals surface area contributed by atoms with Crippen molar-refractivity contribution in [3.05, 3.63) is 76.6 Å². The summed E-state index contributed by atoms with van der Waals surface area (Å²) < 4.78 is 13.8. The number of halogens is 2. The predicted molar refractivity (Wildman–Crippen MR) is 105 cm³/mol. The van der Waals surface area contributed by atoms with Crippen LogP contribution < -0.4 is 5.43 Å². The van der Waals surface area contributed by atoms with Gasteiger partial charge >= 0.3 is 0 Å². The Balaban J connectivity index is 1.71. The quantitative estimate of drug-likeness (QED) is 0.369. The lowest BCUT2D eigenvalue weighted by atomic mass is 10.1. The lowest BCUT2D eigenvalue weighted by Crippen LogP contribution is -1.97. The highest BCUT2D eigenvalue weighted by Crippen LogP contribution is 2.36.